The summed E-state index contributed by atoms with van der Waals surface area (Å²) in [5.41, 5.74) is 8.76. The first kappa shape index (κ1) is 21.0. The Morgan fingerprint density at radius 2 is 1.80 bits per heavy atom. The summed E-state index contributed by atoms with van der Waals surface area (Å²) >= 11 is 0. The average Bonchev–Trinajstić information content (AvgIpc) is 3.30. The molecular weight excluding hydrogens is 370 g/mol. The zero-order chi connectivity index (χ0) is 21.6. The first-order chi connectivity index (χ1) is 14.2. The van der Waals surface area contributed by atoms with Gasteiger partial charge in [0.15, 0.2) is 0 Å². The first-order valence-corrected chi connectivity index (χ1v) is 11.4. The van der Waals surface area contributed by atoms with E-state index in [4.69, 9.17) is 4.74 Å². The van der Waals surface area contributed by atoms with E-state index < -0.39 is 0 Å². The standard InChI is InChI=1S/C27H35NO2/c1-16(2)18-10-12-19(13-11-18)22-15-30-26-21-9-7-8-20(21)25(17(3)24(22)26)28-23(29)14-27(4,5)6/h10-13,16,22H,7-9,14-15H2,1-6H3,(H,28,29). The van der Waals surface area contributed by atoms with Crippen LogP contribution in [0.3, 0.4) is 0 Å². The minimum absolute atomic E-state index is 0.0261. The Bertz CT molecular complexity index is 964. The molecule has 0 fully saturated rings. The van der Waals surface area contributed by atoms with Gasteiger partial charge in [0.2, 0.25) is 5.91 Å². The topological polar surface area (TPSA) is 38.3 Å². The van der Waals surface area contributed by atoms with Gasteiger partial charge in [0.25, 0.3) is 0 Å². The van der Waals surface area contributed by atoms with Crippen molar-refractivity contribution >= 4 is 11.6 Å². The van der Waals surface area contributed by atoms with Crippen LogP contribution in [0.1, 0.15) is 92.7 Å². The minimum atomic E-state index is -0.0261. The summed E-state index contributed by atoms with van der Waals surface area (Å²) in [6.07, 6.45) is 3.71. The van der Waals surface area contributed by atoms with Crippen LogP contribution in [0.2, 0.25) is 0 Å². The molecule has 4 rings (SSSR count). The lowest BCUT2D eigenvalue weighted by molar-refractivity contribution is -0.117. The highest BCUT2D eigenvalue weighted by Gasteiger charge is 2.35. The summed E-state index contributed by atoms with van der Waals surface area (Å²) in [7, 11) is 0. The molecule has 160 valence electrons. The van der Waals surface area contributed by atoms with Crippen molar-refractivity contribution in [1.82, 2.24) is 0 Å². The maximum Gasteiger partial charge on any atom is 0.224 e. The van der Waals surface area contributed by atoms with E-state index in [2.05, 4.69) is 71.1 Å². The van der Waals surface area contributed by atoms with Crippen LogP contribution in [0.4, 0.5) is 5.69 Å². The molecule has 1 atom stereocenters. The lowest BCUT2D eigenvalue weighted by atomic mass is 9.85. The van der Waals surface area contributed by atoms with Gasteiger partial charge in [-0.2, -0.15) is 0 Å². The molecule has 0 radical (unpaired) electrons. The smallest absolute Gasteiger partial charge is 0.224 e. The summed E-state index contributed by atoms with van der Waals surface area (Å²) in [5.74, 6) is 1.95. The number of hydrogen-bond acceptors (Lipinski definition) is 2. The van der Waals surface area contributed by atoms with Gasteiger partial charge in [0.1, 0.15) is 5.75 Å². The summed E-state index contributed by atoms with van der Waals surface area (Å²) in [6, 6.07) is 8.99. The molecular formula is C27H35NO2. The number of anilines is 1. The highest BCUT2D eigenvalue weighted by atomic mass is 16.5. The van der Waals surface area contributed by atoms with Crippen LogP contribution in [-0.4, -0.2) is 12.5 Å². The van der Waals surface area contributed by atoms with E-state index in [1.165, 1.54) is 33.4 Å². The second-order valence-electron chi connectivity index (χ2n) is 10.5. The van der Waals surface area contributed by atoms with Crippen molar-refractivity contribution in [3.8, 4) is 5.75 Å². The van der Waals surface area contributed by atoms with Crippen molar-refractivity contribution in [2.75, 3.05) is 11.9 Å². The molecule has 30 heavy (non-hydrogen) atoms. The monoisotopic (exact) mass is 405 g/mol. The van der Waals surface area contributed by atoms with Gasteiger partial charge >= 0.3 is 0 Å². The normalized spacial score (nSPS) is 17.6. The van der Waals surface area contributed by atoms with E-state index in [1.54, 1.807) is 0 Å². The Hall–Kier alpha value is -2.29. The maximum absolute atomic E-state index is 12.8. The van der Waals surface area contributed by atoms with E-state index in [-0.39, 0.29) is 17.2 Å². The number of hydrogen-bond donors (Lipinski definition) is 1. The Morgan fingerprint density at radius 1 is 1.13 bits per heavy atom. The SMILES string of the molecule is Cc1c(NC(=O)CC(C)(C)C)c2c(c3c1C(c1ccc(C(C)C)cc1)CO3)CCC2. The quantitative estimate of drug-likeness (QED) is 0.630. The van der Waals surface area contributed by atoms with Gasteiger partial charge in [0.05, 0.1) is 6.61 Å². The van der Waals surface area contributed by atoms with Crippen molar-refractivity contribution in [3.63, 3.8) is 0 Å². The maximum atomic E-state index is 12.8. The molecule has 1 aliphatic heterocycles. The van der Waals surface area contributed by atoms with Gasteiger partial charge in [-0.25, -0.2) is 0 Å². The third kappa shape index (κ3) is 3.87. The second-order valence-corrected chi connectivity index (χ2v) is 10.5. The zero-order valence-electron chi connectivity index (χ0n) is 19.3. The van der Waals surface area contributed by atoms with Crippen molar-refractivity contribution in [2.24, 2.45) is 5.41 Å². The van der Waals surface area contributed by atoms with Gasteiger partial charge in [-0.15, -0.1) is 0 Å². The fourth-order valence-corrected chi connectivity index (χ4v) is 5.01. The number of ether oxygens (including phenoxy) is 1. The summed E-state index contributed by atoms with van der Waals surface area (Å²) < 4.78 is 6.29. The van der Waals surface area contributed by atoms with Gasteiger partial charge in [-0.05, 0) is 65.3 Å². The molecule has 0 bridgehead atoms. The lowest BCUT2D eigenvalue weighted by Gasteiger charge is -2.22. The fraction of sp³-hybridized carbons (Fsp3) is 0.519. The molecule has 3 heteroatoms. The molecule has 1 amide bonds. The molecule has 2 aliphatic rings. The Balaban J connectivity index is 1.74. The van der Waals surface area contributed by atoms with Crippen LogP contribution in [-0.2, 0) is 17.6 Å². The van der Waals surface area contributed by atoms with E-state index >= 15 is 0 Å². The van der Waals surface area contributed by atoms with Gasteiger partial charge in [0, 0.05) is 23.6 Å². The lowest BCUT2D eigenvalue weighted by Crippen LogP contribution is -2.21. The summed E-state index contributed by atoms with van der Waals surface area (Å²) in [5, 5.41) is 3.30. The predicted molar refractivity (Wildman–Crippen MR) is 124 cm³/mol. The molecule has 0 spiro atoms. The highest BCUT2D eigenvalue weighted by molar-refractivity contribution is 5.94. The fourth-order valence-electron chi connectivity index (χ4n) is 5.01. The molecule has 0 saturated heterocycles. The van der Waals surface area contributed by atoms with Gasteiger partial charge < -0.3 is 10.1 Å². The van der Waals surface area contributed by atoms with E-state index in [1.807, 2.05) is 0 Å². The van der Waals surface area contributed by atoms with Crippen LogP contribution < -0.4 is 10.1 Å². The van der Waals surface area contributed by atoms with Crippen LogP contribution in [0.15, 0.2) is 24.3 Å². The van der Waals surface area contributed by atoms with Gasteiger partial charge in [-0.3, -0.25) is 4.79 Å². The van der Waals surface area contributed by atoms with E-state index in [0.717, 1.165) is 30.7 Å². The van der Waals surface area contributed by atoms with E-state index in [9.17, 15) is 4.79 Å². The minimum Gasteiger partial charge on any atom is -0.492 e. The molecule has 2 aromatic carbocycles. The first-order valence-electron chi connectivity index (χ1n) is 11.4. The molecule has 0 aromatic heterocycles. The molecule has 1 heterocycles. The number of rotatable bonds is 4. The van der Waals surface area contributed by atoms with Crippen LogP contribution in [0.25, 0.3) is 0 Å². The van der Waals surface area contributed by atoms with Crippen LogP contribution >= 0.6 is 0 Å². The molecule has 1 N–H and O–H groups in total. The zero-order valence-corrected chi connectivity index (χ0v) is 19.3. The third-order valence-electron chi connectivity index (χ3n) is 6.52. The van der Waals surface area contributed by atoms with Gasteiger partial charge in [-0.1, -0.05) is 58.9 Å². The molecule has 0 saturated carbocycles. The second kappa shape index (κ2) is 7.76. The average molecular weight is 406 g/mol. The van der Waals surface area contributed by atoms with Crippen LogP contribution in [0.5, 0.6) is 5.75 Å². The van der Waals surface area contributed by atoms with Crippen molar-refractivity contribution in [1.29, 1.82) is 0 Å². The van der Waals surface area contributed by atoms with Crippen molar-refractivity contribution in [2.45, 2.75) is 79.1 Å². The third-order valence-corrected chi connectivity index (χ3v) is 6.52. The highest BCUT2D eigenvalue weighted by Crippen LogP contribution is 2.49. The number of carbonyl (C=O) groups excluding carboxylic acids is 1. The number of nitrogens with one attached hydrogen (secondary N) is 1. The number of amides is 1. The molecule has 1 unspecified atom stereocenters. The summed E-state index contributed by atoms with van der Waals surface area (Å²) in [4.78, 5) is 12.8. The largest absolute Gasteiger partial charge is 0.492 e. The number of carbonyl (C=O) groups is 1. The Kier molecular flexibility index (Phi) is 5.42. The molecule has 1 aliphatic carbocycles. The van der Waals surface area contributed by atoms with Crippen molar-refractivity contribution < 1.29 is 9.53 Å². The predicted octanol–water partition coefficient (Wildman–Crippen LogP) is 6.51. The Labute approximate surface area is 181 Å². The van der Waals surface area contributed by atoms with Crippen molar-refractivity contribution in [3.05, 3.63) is 57.6 Å². The molecule has 2 aromatic rings. The van der Waals surface area contributed by atoms with Crippen LogP contribution in [0, 0.1) is 12.3 Å². The number of benzene rings is 2. The number of fused-ring (bicyclic) bond motifs is 3. The summed E-state index contributed by atoms with van der Waals surface area (Å²) in [6.45, 7) is 13.6. The molecule has 3 nitrogen and oxygen atoms in total. The van der Waals surface area contributed by atoms with E-state index in [0.29, 0.717) is 18.9 Å². The Morgan fingerprint density at radius 3 is 2.43 bits per heavy atom.